The van der Waals surface area contributed by atoms with Gasteiger partial charge in [-0.3, -0.25) is 9.59 Å². The molecule has 102 valence electrons. The summed E-state index contributed by atoms with van der Waals surface area (Å²) in [7, 11) is 0. The van der Waals surface area contributed by atoms with Crippen LogP contribution in [0.3, 0.4) is 0 Å². The largest absolute Gasteiger partial charge is 0.382 e. The molecule has 0 fully saturated rings. The van der Waals surface area contributed by atoms with E-state index >= 15 is 0 Å². The van der Waals surface area contributed by atoms with E-state index in [9.17, 15) is 9.59 Å². The Labute approximate surface area is 112 Å². The lowest BCUT2D eigenvalue weighted by atomic mass is 10.1. The summed E-state index contributed by atoms with van der Waals surface area (Å²) in [6.07, 6.45) is 0. The van der Waals surface area contributed by atoms with E-state index in [4.69, 9.17) is 0 Å². The number of hydrogen-bond acceptors (Lipinski definition) is 4. The monoisotopic (exact) mass is 262 g/mol. The van der Waals surface area contributed by atoms with Crippen LogP contribution >= 0.6 is 0 Å². The zero-order valence-corrected chi connectivity index (χ0v) is 10.9. The molecule has 0 saturated heterocycles. The van der Waals surface area contributed by atoms with E-state index in [1.54, 1.807) is 6.07 Å². The van der Waals surface area contributed by atoms with Gasteiger partial charge >= 0.3 is 0 Å². The third-order valence-corrected chi connectivity index (χ3v) is 2.84. The maximum atomic E-state index is 12.1. The second-order valence-corrected chi connectivity index (χ2v) is 4.32. The van der Waals surface area contributed by atoms with Gasteiger partial charge in [-0.25, -0.2) is 0 Å². The summed E-state index contributed by atoms with van der Waals surface area (Å²) < 4.78 is 0. The lowest BCUT2D eigenvalue weighted by molar-refractivity contribution is -0.118. The van der Waals surface area contributed by atoms with Gasteiger partial charge in [-0.1, -0.05) is 6.07 Å². The zero-order chi connectivity index (χ0) is 13.7. The molecule has 0 spiro atoms. The van der Waals surface area contributed by atoms with Gasteiger partial charge in [0.25, 0.3) is 5.91 Å². The minimum absolute atomic E-state index is 0.0998. The third-order valence-electron chi connectivity index (χ3n) is 2.84. The van der Waals surface area contributed by atoms with Crippen molar-refractivity contribution in [3.63, 3.8) is 0 Å². The van der Waals surface area contributed by atoms with Gasteiger partial charge in [-0.15, -0.1) is 0 Å². The maximum Gasteiger partial charge on any atom is 0.253 e. The molecule has 2 amide bonds. The zero-order valence-electron chi connectivity index (χ0n) is 10.9. The molecule has 0 atom stereocenters. The Morgan fingerprint density at radius 2 is 1.89 bits per heavy atom. The molecule has 2 rings (SSSR count). The number of carbonyl (C=O) groups excluding carboxylic acids is 2. The number of rotatable bonds is 4. The highest BCUT2D eigenvalue weighted by atomic mass is 16.2. The number of amides is 2. The molecular weight excluding hydrogens is 244 g/mol. The molecule has 0 bridgehead atoms. The standard InChI is InChI=1S/C13H18N4O2/c1-9(18)14-5-8-17-13(19)10-3-2-4-11-12(10)16-7-6-15-11/h2-4,15-16H,5-8H2,1H3,(H,14,18)(H,17,19). The minimum Gasteiger partial charge on any atom is -0.382 e. The van der Waals surface area contributed by atoms with Crippen LogP contribution in [0.1, 0.15) is 17.3 Å². The summed E-state index contributed by atoms with van der Waals surface area (Å²) >= 11 is 0. The van der Waals surface area contributed by atoms with Gasteiger partial charge in [-0.2, -0.15) is 0 Å². The molecule has 4 N–H and O–H groups in total. The predicted octanol–water partition coefficient (Wildman–Crippen LogP) is 0.390. The molecular formula is C13H18N4O2. The topological polar surface area (TPSA) is 82.3 Å². The second kappa shape index (κ2) is 6.08. The molecule has 0 aromatic heterocycles. The van der Waals surface area contributed by atoms with E-state index in [0.29, 0.717) is 18.7 Å². The van der Waals surface area contributed by atoms with Crippen molar-refractivity contribution in [1.82, 2.24) is 10.6 Å². The van der Waals surface area contributed by atoms with E-state index < -0.39 is 0 Å². The Balaban J connectivity index is 1.97. The van der Waals surface area contributed by atoms with Crippen molar-refractivity contribution < 1.29 is 9.59 Å². The first-order chi connectivity index (χ1) is 9.18. The van der Waals surface area contributed by atoms with Gasteiger partial charge in [0.05, 0.1) is 16.9 Å². The molecule has 0 unspecified atom stereocenters. The molecule has 1 heterocycles. The first kappa shape index (κ1) is 13.2. The molecule has 0 radical (unpaired) electrons. The van der Waals surface area contributed by atoms with Crippen molar-refractivity contribution >= 4 is 23.2 Å². The Morgan fingerprint density at radius 1 is 1.16 bits per heavy atom. The first-order valence-electron chi connectivity index (χ1n) is 6.32. The van der Waals surface area contributed by atoms with Crippen molar-refractivity contribution in [2.24, 2.45) is 0 Å². The van der Waals surface area contributed by atoms with Gasteiger partial charge in [0, 0.05) is 33.1 Å². The molecule has 6 nitrogen and oxygen atoms in total. The van der Waals surface area contributed by atoms with Crippen LogP contribution in [-0.4, -0.2) is 38.0 Å². The Kier molecular flexibility index (Phi) is 4.22. The van der Waals surface area contributed by atoms with Gasteiger partial charge in [0.2, 0.25) is 5.91 Å². The molecule has 0 aliphatic carbocycles. The Bertz CT molecular complexity index is 488. The SMILES string of the molecule is CC(=O)NCCNC(=O)c1cccc2c1NCCN2. The van der Waals surface area contributed by atoms with Crippen molar-refractivity contribution in [2.45, 2.75) is 6.92 Å². The smallest absolute Gasteiger partial charge is 0.253 e. The van der Waals surface area contributed by atoms with Crippen molar-refractivity contribution in [2.75, 3.05) is 36.8 Å². The maximum absolute atomic E-state index is 12.1. The molecule has 0 saturated carbocycles. The van der Waals surface area contributed by atoms with E-state index in [1.807, 2.05) is 12.1 Å². The van der Waals surface area contributed by atoms with Crippen LogP contribution in [0, 0.1) is 0 Å². The summed E-state index contributed by atoms with van der Waals surface area (Å²) in [5, 5.41) is 11.9. The van der Waals surface area contributed by atoms with Crippen molar-refractivity contribution in [1.29, 1.82) is 0 Å². The number of anilines is 2. The summed E-state index contributed by atoms with van der Waals surface area (Å²) in [5.74, 6) is -0.240. The molecule has 1 aliphatic heterocycles. The summed E-state index contributed by atoms with van der Waals surface area (Å²) in [6.45, 7) is 3.94. The van der Waals surface area contributed by atoms with Crippen LogP contribution in [0.15, 0.2) is 18.2 Å². The fraction of sp³-hybridized carbons (Fsp3) is 0.385. The number of nitrogens with one attached hydrogen (secondary N) is 4. The fourth-order valence-corrected chi connectivity index (χ4v) is 1.97. The highest BCUT2D eigenvalue weighted by Crippen LogP contribution is 2.27. The predicted molar refractivity (Wildman–Crippen MR) is 74.4 cm³/mol. The quantitative estimate of drug-likeness (QED) is 0.592. The lowest BCUT2D eigenvalue weighted by Crippen LogP contribution is -2.34. The van der Waals surface area contributed by atoms with E-state index in [-0.39, 0.29) is 11.8 Å². The molecule has 1 aliphatic rings. The number of benzene rings is 1. The van der Waals surface area contributed by atoms with Gasteiger partial charge in [-0.05, 0) is 12.1 Å². The van der Waals surface area contributed by atoms with Crippen LogP contribution < -0.4 is 21.3 Å². The average Bonchev–Trinajstić information content (AvgIpc) is 2.42. The average molecular weight is 262 g/mol. The number of fused-ring (bicyclic) bond motifs is 1. The van der Waals surface area contributed by atoms with Crippen LogP contribution in [0.4, 0.5) is 11.4 Å². The van der Waals surface area contributed by atoms with Crippen LogP contribution in [-0.2, 0) is 4.79 Å². The van der Waals surface area contributed by atoms with E-state index in [0.717, 1.165) is 24.5 Å². The van der Waals surface area contributed by atoms with E-state index in [2.05, 4.69) is 21.3 Å². The highest BCUT2D eigenvalue weighted by Gasteiger charge is 2.16. The first-order valence-corrected chi connectivity index (χ1v) is 6.32. The number of carbonyl (C=O) groups is 2. The number of para-hydroxylation sites is 1. The summed E-state index contributed by atoms with van der Waals surface area (Å²) in [5.41, 5.74) is 2.40. The van der Waals surface area contributed by atoms with Gasteiger partial charge in [0.1, 0.15) is 0 Å². The second-order valence-electron chi connectivity index (χ2n) is 4.32. The molecule has 6 heteroatoms. The summed E-state index contributed by atoms with van der Waals surface area (Å²) in [6, 6.07) is 5.57. The highest BCUT2D eigenvalue weighted by molar-refractivity contribution is 6.02. The molecule has 1 aromatic carbocycles. The Hall–Kier alpha value is -2.24. The fourth-order valence-electron chi connectivity index (χ4n) is 1.97. The van der Waals surface area contributed by atoms with Gasteiger partial charge in [0.15, 0.2) is 0 Å². The van der Waals surface area contributed by atoms with Crippen LogP contribution in [0.5, 0.6) is 0 Å². The lowest BCUT2D eigenvalue weighted by Gasteiger charge is -2.22. The number of hydrogen-bond donors (Lipinski definition) is 4. The van der Waals surface area contributed by atoms with Crippen LogP contribution in [0.25, 0.3) is 0 Å². The normalized spacial score (nSPS) is 12.7. The van der Waals surface area contributed by atoms with Crippen molar-refractivity contribution in [3.8, 4) is 0 Å². The van der Waals surface area contributed by atoms with Crippen molar-refractivity contribution in [3.05, 3.63) is 23.8 Å². The van der Waals surface area contributed by atoms with Crippen LogP contribution in [0.2, 0.25) is 0 Å². The Morgan fingerprint density at radius 3 is 2.68 bits per heavy atom. The molecule has 1 aromatic rings. The van der Waals surface area contributed by atoms with E-state index in [1.165, 1.54) is 6.92 Å². The van der Waals surface area contributed by atoms with Gasteiger partial charge < -0.3 is 21.3 Å². The minimum atomic E-state index is -0.140. The third kappa shape index (κ3) is 3.37. The molecule has 19 heavy (non-hydrogen) atoms. The summed E-state index contributed by atoms with van der Waals surface area (Å²) in [4.78, 5) is 22.8.